The van der Waals surface area contributed by atoms with Crippen LogP contribution < -0.4 is 0 Å². The van der Waals surface area contributed by atoms with Gasteiger partial charge < -0.3 is 9.47 Å². The van der Waals surface area contributed by atoms with Gasteiger partial charge in [0.05, 0.1) is 49.3 Å². The number of hydrogen-bond donors (Lipinski definition) is 0. The number of halogens is 2. The van der Waals surface area contributed by atoms with Gasteiger partial charge in [-0.25, -0.2) is 28.9 Å². The number of ether oxygens (including phenoxy) is 2. The minimum Gasteiger partial charge on any atom is -0.369 e. The maximum Gasteiger partial charge on any atom is 0.480 e. The number of nitrogens with zero attached hydrogens (tertiary/aromatic N) is 8. The molecule has 0 spiro atoms. The molecule has 0 unspecified atom stereocenters. The fraction of sp³-hybridized carbons (Fsp3) is 0.438. The quantitative estimate of drug-likeness (QED) is 0.116. The molecule has 6 rings (SSSR count). The lowest BCUT2D eigenvalue weighted by Gasteiger charge is -2.38. The number of aromatic nitrogens is 6. The van der Waals surface area contributed by atoms with Crippen molar-refractivity contribution >= 4 is 58.7 Å². The minimum atomic E-state index is -1.04. The lowest BCUT2D eigenvalue weighted by atomic mass is 10.3. The molecule has 0 saturated carbocycles. The van der Waals surface area contributed by atoms with Crippen molar-refractivity contribution in [1.29, 1.82) is 0 Å². The van der Waals surface area contributed by atoms with Crippen LogP contribution in [0.4, 0.5) is 0 Å². The lowest BCUT2D eigenvalue weighted by Crippen LogP contribution is -2.60. The Morgan fingerprint density at radius 1 is 0.720 bits per heavy atom. The highest BCUT2D eigenvalue weighted by atomic mass is 35.5. The van der Waals surface area contributed by atoms with Gasteiger partial charge in [-0.3, -0.25) is 9.68 Å². The summed E-state index contributed by atoms with van der Waals surface area (Å²) in [6, 6.07) is 14.8. The highest BCUT2D eigenvalue weighted by Gasteiger charge is 2.43. The molecule has 4 heterocycles. The van der Waals surface area contributed by atoms with E-state index in [1.807, 2.05) is 50.2 Å². The summed E-state index contributed by atoms with van der Waals surface area (Å²) < 4.78 is 14.5. The maximum atomic E-state index is 13.3. The van der Waals surface area contributed by atoms with Gasteiger partial charge in [0.15, 0.2) is 0 Å². The molecule has 0 aliphatic carbocycles. The van der Waals surface area contributed by atoms with Crippen molar-refractivity contribution < 1.29 is 38.0 Å². The minimum absolute atomic E-state index is 0.0613. The summed E-state index contributed by atoms with van der Waals surface area (Å²) in [4.78, 5) is 47.6. The Morgan fingerprint density at radius 2 is 1.12 bits per heavy atom. The average molecular weight is 766 g/mol. The van der Waals surface area contributed by atoms with Crippen LogP contribution in [0.2, 0.25) is 10.0 Å². The molecular formula is C32H38Cl2N8O6S2+2. The predicted molar refractivity (Wildman–Crippen MR) is 187 cm³/mol. The molecule has 0 N–H and O–H groups in total. The molecule has 2 aromatic heterocycles. The molecule has 50 heavy (non-hydrogen) atoms. The average Bonchev–Trinajstić information content (AvgIpc) is 3.66. The Hall–Kier alpha value is -3.22. The number of carbonyl (C=O) groups is 2. The molecule has 2 fully saturated rings. The first-order valence-corrected chi connectivity index (χ1v) is 18.9. The van der Waals surface area contributed by atoms with Crippen LogP contribution in [-0.4, -0.2) is 128 Å². The van der Waals surface area contributed by atoms with E-state index in [1.54, 1.807) is 21.5 Å². The van der Waals surface area contributed by atoms with Gasteiger partial charge in [-0.05, 0) is 50.2 Å². The van der Waals surface area contributed by atoms with E-state index >= 15 is 0 Å². The van der Waals surface area contributed by atoms with Gasteiger partial charge in [-0.1, -0.05) is 58.9 Å². The third-order valence-electron chi connectivity index (χ3n) is 8.36. The first-order chi connectivity index (χ1) is 24.1. The number of carbonyl (C=O) groups excluding carboxylic acids is 2. The maximum absolute atomic E-state index is 13.3. The van der Waals surface area contributed by atoms with Crippen LogP contribution in [-0.2, 0) is 28.7 Å². The van der Waals surface area contributed by atoms with Crippen molar-refractivity contribution in [2.24, 2.45) is 0 Å². The van der Waals surface area contributed by atoms with Crippen LogP contribution in [0.5, 0.6) is 0 Å². The summed E-state index contributed by atoms with van der Waals surface area (Å²) >= 11 is 15.2. The Kier molecular flexibility index (Phi) is 12.0. The van der Waals surface area contributed by atoms with Crippen LogP contribution in [0.1, 0.15) is 11.6 Å². The summed E-state index contributed by atoms with van der Waals surface area (Å²) in [5.41, 5.74) is 1.63. The summed E-state index contributed by atoms with van der Waals surface area (Å²) in [5.74, 6) is 0.441. The van der Waals surface area contributed by atoms with E-state index in [1.165, 1.54) is 23.5 Å². The van der Waals surface area contributed by atoms with Crippen LogP contribution in [0.25, 0.3) is 11.4 Å². The number of thioether (sulfide) groups is 2. The SMILES string of the molecule is Cc1nc(SCC[N+]2(OC(=O)C(=O)O[N+]3(CCSc4nc(C)n(-c5cccc(Cl)c5)n4)CCOCC3)CCOCC2)nn1-c1cccc(Cl)c1. The van der Waals surface area contributed by atoms with Crippen molar-refractivity contribution in [3.05, 3.63) is 70.2 Å². The van der Waals surface area contributed by atoms with E-state index in [-0.39, 0.29) is 9.29 Å². The topological polar surface area (TPSA) is 132 Å². The molecule has 14 nitrogen and oxygen atoms in total. The number of benzene rings is 2. The number of aryl methyl sites for hydroxylation is 2. The largest absolute Gasteiger partial charge is 0.480 e. The van der Waals surface area contributed by atoms with Gasteiger partial charge >= 0.3 is 11.9 Å². The van der Waals surface area contributed by atoms with Crippen molar-refractivity contribution in [3.63, 3.8) is 0 Å². The van der Waals surface area contributed by atoms with E-state index in [9.17, 15) is 9.59 Å². The Balaban J connectivity index is 1.05. The van der Waals surface area contributed by atoms with Crippen molar-refractivity contribution in [1.82, 2.24) is 29.5 Å². The van der Waals surface area contributed by atoms with Gasteiger partial charge in [-0.2, -0.15) is 0 Å². The molecule has 2 aliphatic rings. The van der Waals surface area contributed by atoms with Crippen LogP contribution in [0, 0.1) is 13.8 Å². The Labute approximate surface area is 308 Å². The molecular weight excluding hydrogens is 727 g/mol. The second kappa shape index (κ2) is 16.4. The fourth-order valence-electron chi connectivity index (χ4n) is 5.66. The van der Waals surface area contributed by atoms with E-state index < -0.39 is 11.9 Å². The lowest BCUT2D eigenvalue weighted by molar-refractivity contribution is -1.10. The highest BCUT2D eigenvalue weighted by Crippen LogP contribution is 2.24. The molecule has 2 saturated heterocycles. The summed E-state index contributed by atoms with van der Waals surface area (Å²) in [7, 11) is 0. The number of morpholine rings is 2. The molecule has 2 aromatic carbocycles. The molecule has 0 bridgehead atoms. The number of rotatable bonds is 12. The van der Waals surface area contributed by atoms with E-state index in [0.717, 1.165) is 23.0 Å². The van der Waals surface area contributed by atoms with E-state index in [4.69, 9.17) is 42.4 Å². The third kappa shape index (κ3) is 9.16. The molecule has 2 aliphatic heterocycles. The van der Waals surface area contributed by atoms with Gasteiger partial charge in [0.2, 0.25) is 10.3 Å². The van der Waals surface area contributed by atoms with Crippen LogP contribution in [0.15, 0.2) is 58.8 Å². The first-order valence-electron chi connectivity index (χ1n) is 16.1. The van der Waals surface area contributed by atoms with Crippen molar-refractivity contribution in [2.45, 2.75) is 24.2 Å². The van der Waals surface area contributed by atoms with Gasteiger partial charge in [0.25, 0.3) is 0 Å². The smallest absolute Gasteiger partial charge is 0.369 e. The fourth-order valence-corrected chi connectivity index (χ4v) is 7.92. The number of hydrogen-bond acceptors (Lipinski definition) is 12. The first kappa shape index (κ1) is 36.6. The van der Waals surface area contributed by atoms with Crippen LogP contribution in [0.3, 0.4) is 0 Å². The van der Waals surface area contributed by atoms with E-state index in [0.29, 0.717) is 97.6 Å². The molecule has 18 heteroatoms. The summed E-state index contributed by atoms with van der Waals surface area (Å²) in [6.07, 6.45) is 0. The Morgan fingerprint density at radius 3 is 1.50 bits per heavy atom. The molecule has 0 atom stereocenters. The number of quaternary nitrogens is 2. The molecule has 0 amide bonds. The summed E-state index contributed by atoms with van der Waals surface area (Å²) in [6.45, 7) is 7.78. The second-order valence-electron chi connectivity index (χ2n) is 11.8. The Bertz CT molecular complexity index is 1680. The standard InChI is InChI=1S/C32H38Cl2N8O6S2/c1-23-35-31(37-39(23)27-7-3-5-25(33)21-27)49-19-13-41(9-15-45-16-10-41)47-29(43)30(44)48-42(11-17-46-18-12-42)14-20-50-32-36-24(2)40(38-32)28-8-4-6-26(34)22-28/h3-8,21-22H,9-20H2,1-2H3/q+2. The second-order valence-corrected chi connectivity index (χ2v) is 14.8. The van der Waals surface area contributed by atoms with Gasteiger partial charge in [0, 0.05) is 10.0 Å². The van der Waals surface area contributed by atoms with Crippen LogP contribution >= 0.6 is 46.7 Å². The zero-order valence-electron chi connectivity index (χ0n) is 27.7. The zero-order valence-corrected chi connectivity index (χ0v) is 30.8. The number of hydroxylamine groups is 6. The van der Waals surface area contributed by atoms with Crippen molar-refractivity contribution in [2.75, 3.05) is 77.2 Å². The van der Waals surface area contributed by atoms with Crippen molar-refractivity contribution in [3.8, 4) is 11.4 Å². The highest BCUT2D eigenvalue weighted by molar-refractivity contribution is 7.99. The predicted octanol–water partition coefficient (Wildman–Crippen LogP) is 4.27. The monoisotopic (exact) mass is 764 g/mol. The van der Waals surface area contributed by atoms with E-state index in [2.05, 4.69) is 20.2 Å². The molecule has 4 aromatic rings. The normalized spacial score (nSPS) is 17.0. The molecule has 266 valence electrons. The van der Waals surface area contributed by atoms with Gasteiger partial charge in [-0.15, -0.1) is 19.5 Å². The van der Waals surface area contributed by atoms with Gasteiger partial charge in [0.1, 0.15) is 50.9 Å². The third-order valence-corrected chi connectivity index (χ3v) is 10.5. The zero-order chi connectivity index (χ0) is 35.1. The summed E-state index contributed by atoms with van der Waals surface area (Å²) in [5, 5.41) is 11.6. The molecule has 0 radical (unpaired) electrons.